The lowest BCUT2D eigenvalue weighted by molar-refractivity contribution is -0.141. The number of aliphatic hydroxyl groups excluding tert-OH is 1. The molecule has 1 rings (SSSR count). The van der Waals surface area contributed by atoms with Crippen molar-refractivity contribution < 1.29 is 24.9 Å². The molecule has 1 aromatic rings. The van der Waals surface area contributed by atoms with Crippen LogP contribution in [0.1, 0.15) is 19.4 Å². The van der Waals surface area contributed by atoms with Crippen LogP contribution in [0.4, 0.5) is 0 Å². The molecule has 0 aromatic heterocycles. The van der Waals surface area contributed by atoms with Gasteiger partial charge in [-0.2, -0.15) is 0 Å². The van der Waals surface area contributed by atoms with E-state index >= 15 is 0 Å². The Balaban J connectivity index is 2.63. The standard InChI is InChI=1S/C16H23NO5/c1-10(11(2)18)15(16(20)21)17-8-4-5-12-6-7-13(19)14(9-12)22-3/h4-7,9-11,15,17-19H,8H2,1-3H3,(H,20,21)/b5-4+. The molecule has 0 aliphatic carbocycles. The number of aromatic hydroxyl groups is 1. The second kappa shape index (κ2) is 8.41. The summed E-state index contributed by atoms with van der Waals surface area (Å²) in [5.41, 5.74) is 0.826. The number of nitrogens with one attached hydrogen (secondary N) is 1. The number of phenolic OH excluding ortho intramolecular Hbond substituents is 1. The third-order valence-electron chi connectivity index (χ3n) is 3.52. The van der Waals surface area contributed by atoms with Crippen LogP contribution in [0.5, 0.6) is 11.5 Å². The maximum absolute atomic E-state index is 11.2. The molecule has 3 unspecified atom stereocenters. The molecular formula is C16H23NO5. The van der Waals surface area contributed by atoms with Gasteiger partial charge in [0, 0.05) is 12.5 Å². The summed E-state index contributed by atoms with van der Waals surface area (Å²) in [5, 5.41) is 31.1. The monoisotopic (exact) mass is 309 g/mol. The molecule has 0 fully saturated rings. The summed E-state index contributed by atoms with van der Waals surface area (Å²) in [5.74, 6) is -0.955. The van der Waals surface area contributed by atoms with E-state index in [-0.39, 0.29) is 5.75 Å². The van der Waals surface area contributed by atoms with Crippen LogP contribution in [-0.2, 0) is 4.79 Å². The van der Waals surface area contributed by atoms with E-state index in [0.717, 1.165) is 5.56 Å². The number of methoxy groups -OCH3 is 1. The number of aliphatic hydroxyl groups is 1. The lowest BCUT2D eigenvalue weighted by Gasteiger charge is -2.23. The van der Waals surface area contributed by atoms with Gasteiger partial charge in [-0.1, -0.05) is 25.1 Å². The Morgan fingerprint density at radius 2 is 2.09 bits per heavy atom. The van der Waals surface area contributed by atoms with Crippen LogP contribution in [0.25, 0.3) is 6.08 Å². The van der Waals surface area contributed by atoms with Crippen molar-refractivity contribution in [1.29, 1.82) is 0 Å². The Morgan fingerprint density at radius 3 is 2.64 bits per heavy atom. The molecule has 0 saturated heterocycles. The van der Waals surface area contributed by atoms with Gasteiger partial charge in [-0.25, -0.2) is 0 Å². The minimum absolute atomic E-state index is 0.0643. The second-order valence-electron chi connectivity index (χ2n) is 5.16. The highest BCUT2D eigenvalue weighted by Crippen LogP contribution is 2.26. The van der Waals surface area contributed by atoms with Crippen LogP contribution in [0, 0.1) is 5.92 Å². The highest BCUT2D eigenvalue weighted by atomic mass is 16.5. The molecule has 0 aliphatic heterocycles. The quantitative estimate of drug-likeness (QED) is 0.580. The van der Waals surface area contributed by atoms with Crippen LogP contribution < -0.4 is 10.1 Å². The van der Waals surface area contributed by atoms with Crippen molar-refractivity contribution in [2.75, 3.05) is 13.7 Å². The highest BCUT2D eigenvalue weighted by Gasteiger charge is 2.26. The number of hydrogen-bond acceptors (Lipinski definition) is 5. The first-order chi connectivity index (χ1) is 10.4. The van der Waals surface area contributed by atoms with Gasteiger partial charge in [-0.3, -0.25) is 4.79 Å². The van der Waals surface area contributed by atoms with E-state index in [2.05, 4.69) is 5.32 Å². The summed E-state index contributed by atoms with van der Waals surface area (Å²) in [6.45, 7) is 3.60. The molecule has 0 radical (unpaired) electrons. The third kappa shape index (κ3) is 5.05. The van der Waals surface area contributed by atoms with Crippen LogP contribution in [-0.4, -0.2) is 47.1 Å². The molecule has 6 heteroatoms. The van der Waals surface area contributed by atoms with E-state index in [1.165, 1.54) is 13.2 Å². The van der Waals surface area contributed by atoms with Gasteiger partial charge in [0.2, 0.25) is 0 Å². The van der Waals surface area contributed by atoms with E-state index in [1.54, 1.807) is 38.1 Å². The number of phenols is 1. The second-order valence-corrected chi connectivity index (χ2v) is 5.16. The number of carboxylic acids is 1. The summed E-state index contributed by atoms with van der Waals surface area (Å²) in [6.07, 6.45) is 2.86. The van der Waals surface area contributed by atoms with Gasteiger partial charge in [0.05, 0.1) is 13.2 Å². The number of ether oxygens (including phenoxy) is 1. The number of rotatable bonds is 8. The lowest BCUT2D eigenvalue weighted by Crippen LogP contribution is -2.45. The smallest absolute Gasteiger partial charge is 0.321 e. The zero-order valence-electron chi connectivity index (χ0n) is 13.0. The SMILES string of the molecule is COc1cc(/C=C/CNC(C(=O)O)C(C)C(C)O)ccc1O. The van der Waals surface area contributed by atoms with E-state index in [4.69, 9.17) is 9.84 Å². The largest absolute Gasteiger partial charge is 0.504 e. The minimum Gasteiger partial charge on any atom is -0.504 e. The van der Waals surface area contributed by atoms with Crippen LogP contribution in [0.2, 0.25) is 0 Å². The molecule has 0 heterocycles. The predicted molar refractivity (Wildman–Crippen MR) is 84.0 cm³/mol. The molecule has 22 heavy (non-hydrogen) atoms. The molecule has 0 spiro atoms. The van der Waals surface area contributed by atoms with E-state index < -0.39 is 24.0 Å². The average molecular weight is 309 g/mol. The fraction of sp³-hybridized carbons (Fsp3) is 0.438. The lowest BCUT2D eigenvalue weighted by atomic mass is 9.97. The summed E-state index contributed by atoms with van der Waals surface area (Å²) >= 11 is 0. The molecule has 3 atom stereocenters. The number of aliphatic carboxylic acids is 1. The Hall–Kier alpha value is -2.05. The van der Waals surface area contributed by atoms with Crippen molar-refractivity contribution in [2.24, 2.45) is 5.92 Å². The maximum atomic E-state index is 11.2. The van der Waals surface area contributed by atoms with Gasteiger partial charge < -0.3 is 25.4 Å². The molecule has 1 aromatic carbocycles. The summed E-state index contributed by atoms with van der Waals surface area (Å²) in [4.78, 5) is 11.2. The molecule has 0 saturated carbocycles. The van der Waals surface area contributed by atoms with Crippen molar-refractivity contribution in [3.05, 3.63) is 29.8 Å². The normalized spacial score (nSPS) is 15.5. The number of benzene rings is 1. The summed E-state index contributed by atoms with van der Waals surface area (Å²) in [6, 6.07) is 4.11. The fourth-order valence-electron chi connectivity index (χ4n) is 1.96. The van der Waals surface area contributed by atoms with Gasteiger partial charge in [0.15, 0.2) is 11.5 Å². The Morgan fingerprint density at radius 1 is 1.41 bits per heavy atom. The number of carboxylic acid groups (broad SMARTS) is 1. The van der Waals surface area contributed by atoms with Crippen molar-refractivity contribution in [3.8, 4) is 11.5 Å². The molecule has 0 bridgehead atoms. The predicted octanol–water partition coefficient (Wildman–Crippen LogP) is 1.47. The van der Waals surface area contributed by atoms with Crippen LogP contribution >= 0.6 is 0 Å². The van der Waals surface area contributed by atoms with Crippen molar-refractivity contribution in [3.63, 3.8) is 0 Å². The Bertz CT molecular complexity index is 527. The zero-order valence-corrected chi connectivity index (χ0v) is 13.0. The van der Waals surface area contributed by atoms with Gasteiger partial charge >= 0.3 is 5.97 Å². The Labute approximate surface area is 130 Å². The molecule has 122 valence electrons. The van der Waals surface area contributed by atoms with E-state index in [1.807, 2.05) is 0 Å². The van der Waals surface area contributed by atoms with E-state index in [0.29, 0.717) is 12.3 Å². The highest BCUT2D eigenvalue weighted by molar-refractivity contribution is 5.74. The van der Waals surface area contributed by atoms with Gasteiger partial charge in [-0.15, -0.1) is 0 Å². The van der Waals surface area contributed by atoms with Crippen LogP contribution in [0.15, 0.2) is 24.3 Å². The van der Waals surface area contributed by atoms with E-state index in [9.17, 15) is 15.0 Å². The third-order valence-corrected chi connectivity index (χ3v) is 3.52. The minimum atomic E-state index is -0.992. The first kappa shape index (κ1) is 18.0. The number of hydrogen-bond donors (Lipinski definition) is 4. The average Bonchev–Trinajstić information content (AvgIpc) is 2.47. The summed E-state index contributed by atoms with van der Waals surface area (Å²) in [7, 11) is 1.47. The summed E-state index contributed by atoms with van der Waals surface area (Å²) < 4.78 is 5.01. The maximum Gasteiger partial charge on any atom is 0.321 e. The first-order valence-corrected chi connectivity index (χ1v) is 7.04. The van der Waals surface area contributed by atoms with Gasteiger partial charge in [0.1, 0.15) is 6.04 Å². The van der Waals surface area contributed by atoms with Gasteiger partial charge in [0.25, 0.3) is 0 Å². The van der Waals surface area contributed by atoms with Crippen LogP contribution in [0.3, 0.4) is 0 Å². The molecule has 0 amide bonds. The zero-order chi connectivity index (χ0) is 16.7. The Kier molecular flexibility index (Phi) is 6.88. The molecule has 0 aliphatic rings. The van der Waals surface area contributed by atoms with Crippen molar-refractivity contribution in [2.45, 2.75) is 26.0 Å². The van der Waals surface area contributed by atoms with Crippen molar-refractivity contribution in [1.82, 2.24) is 5.32 Å². The molecule has 4 N–H and O–H groups in total. The van der Waals surface area contributed by atoms with Gasteiger partial charge in [-0.05, 0) is 24.6 Å². The molecule has 6 nitrogen and oxygen atoms in total. The number of carbonyl (C=O) groups is 1. The first-order valence-electron chi connectivity index (χ1n) is 7.04. The molecular weight excluding hydrogens is 286 g/mol. The topological polar surface area (TPSA) is 99.0 Å². The fourth-order valence-corrected chi connectivity index (χ4v) is 1.96. The van der Waals surface area contributed by atoms with Crippen molar-refractivity contribution >= 4 is 12.0 Å².